The highest BCUT2D eigenvalue weighted by atomic mass is 35.5. The van der Waals surface area contributed by atoms with Gasteiger partial charge in [-0.25, -0.2) is 0 Å². The largest absolute Gasteiger partial charge is 0.395 e. The van der Waals surface area contributed by atoms with Crippen molar-refractivity contribution < 1.29 is 5.11 Å². The van der Waals surface area contributed by atoms with Crippen LogP contribution in [0, 0.1) is 0 Å². The van der Waals surface area contributed by atoms with E-state index in [1.807, 2.05) is 6.07 Å². The maximum atomic E-state index is 9.01. The molecule has 0 radical (unpaired) electrons. The van der Waals surface area contributed by atoms with Gasteiger partial charge in [-0.2, -0.15) is 0 Å². The summed E-state index contributed by atoms with van der Waals surface area (Å²) in [7, 11) is 0. The van der Waals surface area contributed by atoms with Crippen molar-refractivity contribution in [3.05, 3.63) is 34.3 Å². The van der Waals surface area contributed by atoms with Gasteiger partial charge in [-0.15, -0.1) is 0 Å². The van der Waals surface area contributed by atoms with Crippen molar-refractivity contribution in [1.82, 2.24) is 9.80 Å². The molecule has 1 aliphatic rings. The van der Waals surface area contributed by atoms with Gasteiger partial charge in [0.05, 0.1) is 6.61 Å². The zero-order chi connectivity index (χ0) is 14.4. The fourth-order valence-electron chi connectivity index (χ4n) is 2.63. The lowest BCUT2D eigenvalue weighted by molar-refractivity contribution is 0.196. The summed E-state index contributed by atoms with van der Waals surface area (Å²) in [5.74, 6) is 0. The van der Waals surface area contributed by atoms with E-state index in [0.717, 1.165) is 56.3 Å². The molecule has 4 nitrogen and oxygen atoms in total. The first-order valence-corrected chi connectivity index (χ1v) is 7.63. The number of aliphatic hydroxyl groups excluding tert-OH is 1. The number of hydrogen-bond acceptors (Lipinski definition) is 4. The third-order valence-corrected chi connectivity index (χ3v) is 4.20. The minimum Gasteiger partial charge on any atom is -0.395 e. The van der Waals surface area contributed by atoms with Crippen molar-refractivity contribution in [3.63, 3.8) is 0 Å². The second-order valence-electron chi connectivity index (χ2n) is 5.32. The van der Waals surface area contributed by atoms with E-state index in [1.165, 1.54) is 5.56 Å². The summed E-state index contributed by atoms with van der Waals surface area (Å²) in [5, 5.41) is 9.82. The fourth-order valence-corrected chi connectivity index (χ4v) is 2.90. The molecule has 0 unspecified atom stereocenters. The van der Waals surface area contributed by atoms with Crippen LogP contribution in [-0.2, 0) is 13.1 Å². The van der Waals surface area contributed by atoms with Crippen LogP contribution in [-0.4, -0.2) is 54.2 Å². The number of nitrogens with two attached hydrogens (primary N) is 1. The van der Waals surface area contributed by atoms with Crippen molar-refractivity contribution in [2.24, 2.45) is 5.73 Å². The minimum absolute atomic E-state index is 0.242. The van der Waals surface area contributed by atoms with Gasteiger partial charge >= 0.3 is 0 Å². The molecule has 1 saturated heterocycles. The van der Waals surface area contributed by atoms with E-state index in [2.05, 4.69) is 21.9 Å². The average Bonchev–Trinajstić information content (AvgIpc) is 2.67. The maximum absolute atomic E-state index is 9.01. The van der Waals surface area contributed by atoms with Gasteiger partial charge in [0.2, 0.25) is 0 Å². The smallest absolute Gasteiger partial charge is 0.0558 e. The monoisotopic (exact) mass is 297 g/mol. The SMILES string of the molecule is NCc1ccc(CN2CCCN(CCO)CC2)c(Cl)c1. The van der Waals surface area contributed by atoms with Gasteiger partial charge in [-0.3, -0.25) is 9.80 Å². The van der Waals surface area contributed by atoms with Crippen LogP contribution >= 0.6 is 11.6 Å². The number of rotatable bonds is 5. The zero-order valence-corrected chi connectivity index (χ0v) is 12.6. The van der Waals surface area contributed by atoms with Crippen LogP contribution < -0.4 is 5.73 Å². The third kappa shape index (κ3) is 4.43. The lowest BCUT2D eigenvalue weighted by atomic mass is 10.1. The molecular weight excluding hydrogens is 274 g/mol. The summed E-state index contributed by atoms with van der Waals surface area (Å²) < 4.78 is 0. The first kappa shape index (κ1) is 15.7. The van der Waals surface area contributed by atoms with E-state index in [-0.39, 0.29) is 6.61 Å². The molecule has 0 amide bonds. The number of aliphatic hydroxyl groups is 1. The number of benzene rings is 1. The number of hydrogen-bond donors (Lipinski definition) is 2. The van der Waals surface area contributed by atoms with Gasteiger partial charge in [0, 0.05) is 37.7 Å². The molecule has 3 N–H and O–H groups in total. The van der Waals surface area contributed by atoms with Gasteiger partial charge in [-0.05, 0) is 36.7 Å². The molecule has 1 aliphatic heterocycles. The van der Waals surface area contributed by atoms with Crippen LogP contribution in [0.4, 0.5) is 0 Å². The molecule has 2 rings (SSSR count). The van der Waals surface area contributed by atoms with E-state index in [4.69, 9.17) is 22.4 Å². The molecule has 1 aromatic rings. The van der Waals surface area contributed by atoms with Crippen LogP contribution in [0.25, 0.3) is 0 Å². The van der Waals surface area contributed by atoms with Crippen molar-refractivity contribution in [2.45, 2.75) is 19.5 Å². The Hall–Kier alpha value is -0.650. The maximum Gasteiger partial charge on any atom is 0.0558 e. The standard InChI is InChI=1S/C15H24ClN3O/c16-15-10-13(11-17)2-3-14(15)12-19-5-1-4-18(6-7-19)8-9-20/h2-3,10,20H,1,4-9,11-12,17H2. The Morgan fingerprint density at radius 2 is 1.90 bits per heavy atom. The molecule has 0 atom stereocenters. The average molecular weight is 298 g/mol. The topological polar surface area (TPSA) is 52.7 Å². The molecule has 0 aromatic heterocycles. The number of β-amino-alcohol motifs (C(OH)–C–C–N with tert-alkyl or cyclic N) is 1. The summed E-state index contributed by atoms with van der Waals surface area (Å²) in [6.45, 7) is 6.62. The summed E-state index contributed by atoms with van der Waals surface area (Å²) in [6.07, 6.45) is 1.14. The summed E-state index contributed by atoms with van der Waals surface area (Å²) >= 11 is 6.32. The van der Waals surface area contributed by atoms with Crippen LogP contribution in [0.1, 0.15) is 17.5 Å². The van der Waals surface area contributed by atoms with Crippen molar-refractivity contribution in [3.8, 4) is 0 Å². The number of halogens is 1. The third-order valence-electron chi connectivity index (χ3n) is 3.84. The normalized spacial score (nSPS) is 18.1. The lowest BCUT2D eigenvalue weighted by Crippen LogP contribution is -2.32. The van der Waals surface area contributed by atoms with Gasteiger partial charge < -0.3 is 10.8 Å². The molecule has 1 heterocycles. The van der Waals surface area contributed by atoms with Crippen LogP contribution in [0.5, 0.6) is 0 Å². The van der Waals surface area contributed by atoms with Crippen LogP contribution in [0.3, 0.4) is 0 Å². The first-order chi connectivity index (χ1) is 9.72. The molecule has 0 spiro atoms. The lowest BCUT2D eigenvalue weighted by Gasteiger charge is -2.21. The van der Waals surface area contributed by atoms with Crippen molar-refractivity contribution in [1.29, 1.82) is 0 Å². The predicted molar refractivity (Wildman–Crippen MR) is 82.8 cm³/mol. The second kappa shape index (κ2) is 7.96. The Morgan fingerprint density at radius 1 is 1.15 bits per heavy atom. The Labute approximate surface area is 126 Å². The molecule has 0 aliphatic carbocycles. The number of nitrogens with zero attached hydrogens (tertiary/aromatic N) is 2. The molecule has 1 aromatic carbocycles. The van der Waals surface area contributed by atoms with E-state index in [0.29, 0.717) is 6.54 Å². The molecule has 0 bridgehead atoms. The Morgan fingerprint density at radius 3 is 2.60 bits per heavy atom. The van der Waals surface area contributed by atoms with E-state index in [1.54, 1.807) is 0 Å². The molecule has 1 fully saturated rings. The molecular formula is C15H24ClN3O. The highest BCUT2D eigenvalue weighted by Crippen LogP contribution is 2.20. The van der Waals surface area contributed by atoms with Crippen molar-refractivity contribution >= 4 is 11.6 Å². The molecule has 5 heteroatoms. The van der Waals surface area contributed by atoms with E-state index >= 15 is 0 Å². The Kier molecular flexibility index (Phi) is 6.26. The van der Waals surface area contributed by atoms with Crippen LogP contribution in [0.15, 0.2) is 18.2 Å². The predicted octanol–water partition coefficient (Wildman–Crippen LogP) is 1.30. The van der Waals surface area contributed by atoms with Crippen LogP contribution in [0.2, 0.25) is 5.02 Å². The Bertz CT molecular complexity index is 428. The fraction of sp³-hybridized carbons (Fsp3) is 0.600. The highest BCUT2D eigenvalue weighted by Gasteiger charge is 2.15. The molecule has 20 heavy (non-hydrogen) atoms. The van der Waals surface area contributed by atoms with Gasteiger partial charge in [-0.1, -0.05) is 23.7 Å². The highest BCUT2D eigenvalue weighted by molar-refractivity contribution is 6.31. The summed E-state index contributed by atoms with van der Waals surface area (Å²) in [5.41, 5.74) is 7.86. The zero-order valence-electron chi connectivity index (χ0n) is 11.9. The summed E-state index contributed by atoms with van der Waals surface area (Å²) in [6, 6.07) is 6.10. The molecule has 0 saturated carbocycles. The Balaban J connectivity index is 1.93. The van der Waals surface area contributed by atoms with E-state index < -0.39 is 0 Å². The van der Waals surface area contributed by atoms with Gasteiger partial charge in [0.1, 0.15) is 0 Å². The van der Waals surface area contributed by atoms with Crippen molar-refractivity contribution in [2.75, 3.05) is 39.3 Å². The van der Waals surface area contributed by atoms with E-state index in [9.17, 15) is 0 Å². The van der Waals surface area contributed by atoms with Gasteiger partial charge in [0.15, 0.2) is 0 Å². The minimum atomic E-state index is 0.242. The summed E-state index contributed by atoms with van der Waals surface area (Å²) in [4.78, 5) is 4.75. The van der Waals surface area contributed by atoms with Gasteiger partial charge in [0.25, 0.3) is 0 Å². The second-order valence-corrected chi connectivity index (χ2v) is 5.73. The quantitative estimate of drug-likeness (QED) is 0.860. The first-order valence-electron chi connectivity index (χ1n) is 7.26. The molecule has 112 valence electrons.